The van der Waals surface area contributed by atoms with Crippen molar-refractivity contribution in [1.82, 2.24) is 0 Å². The molecular formula is C44H21F9O2S2. The molecule has 0 unspecified atom stereocenters. The van der Waals surface area contributed by atoms with E-state index in [0.29, 0.717) is 50.4 Å². The monoisotopic (exact) mass is 816 g/mol. The maximum Gasteiger partial charge on any atom is 0.416 e. The Balaban J connectivity index is 1.34. The van der Waals surface area contributed by atoms with E-state index in [-0.39, 0.29) is 38.5 Å². The summed E-state index contributed by atoms with van der Waals surface area (Å²) in [5.41, 5.74) is -1.44. The first-order valence-corrected chi connectivity index (χ1v) is 19.6. The highest BCUT2D eigenvalue weighted by Crippen LogP contribution is 2.52. The lowest BCUT2D eigenvalue weighted by Crippen LogP contribution is -2.16. The van der Waals surface area contributed by atoms with Crippen molar-refractivity contribution in [2.75, 3.05) is 0 Å². The molecule has 1 aliphatic heterocycles. The number of allylic oxidation sites excluding steroid dienone is 1. The predicted octanol–water partition coefficient (Wildman–Crippen LogP) is 11.4. The van der Waals surface area contributed by atoms with Gasteiger partial charge < -0.3 is 0 Å². The topological polar surface area (TPSA) is 34.1 Å². The second kappa shape index (κ2) is 11.5. The molecule has 1 aromatic heterocycles. The summed E-state index contributed by atoms with van der Waals surface area (Å²) in [6, 6.07) is 25.2. The van der Waals surface area contributed by atoms with Gasteiger partial charge in [-0.2, -0.15) is 39.5 Å². The van der Waals surface area contributed by atoms with Crippen LogP contribution in [0.1, 0.15) is 49.4 Å². The molecule has 0 bridgehead atoms. The molecule has 6 aromatic carbocycles. The second-order valence-electron chi connectivity index (χ2n) is 14.3. The molecule has 2 heterocycles. The van der Waals surface area contributed by atoms with Crippen LogP contribution in [0, 0.1) is 6.92 Å². The first-order valence-electron chi connectivity index (χ1n) is 17.3. The molecule has 0 amide bonds. The highest BCUT2D eigenvalue weighted by molar-refractivity contribution is 7.96. The quantitative estimate of drug-likeness (QED) is 0.163. The van der Waals surface area contributed by atoms with Crippen LogP contribution in [-0.2, 0) is 28.4 Å². The molecule has 0 spiro atoms. The number of hydrogen-bond donors (Lipinski definition) is 0. The molecule has 57 heavy (non-hydrogen) atoms. The highest BCUT2D eigenvalue weighted by atomic mass is 32.2. The van der Waals surface area contributed by atoms with E-state index in [4.69, 9.17) is 0 Å². The van der Waals surface area contributed by atoms with Gasteiger partial charge in [0.15, 0.2) is 0 Å². The third-order valence-corrected chi connectivity index (χ3v) is 13.8. The Morgan fingerprint density at radius 2 is 1.07 bits per heavy atom. The number of aryl methyl sites for hydroxylation is 1. The maximum absolute atomic E-state index is 14.3. The van der Waals surface area contributed by atoms with E-state index in [1.54, 1.807) is 43.3 Å². The van der Waals surface area contributed by atoms with Crippen molar-refractivity contribution in [2.24, 2.45) is 0 Å². The minimum Gasteiger partial charge on any atom is -0.218 e. The highest BCUT2D eigenvalue weighted by Gasteiger charge is 2.44. The van der Waals surface area contributed by atoms with Gasteiger partial charge in [0.1, 0.15) is 0 Å². The lowest BCUT2D eigenvalue weighted by atomic mass is 9.94. The molecule has 0 fully saturated rings. The van der Waals surface area contributed by atoms with Gasteiger partial charge in [-0.3, -0.25) is 0 Å². The Hall–Kier alpha value is -5.66. The van der Waals surface area contributed by atoms with E-state index in [1.165, 1.54) is 29.5 Å². The Morgan fingerprint density at radius 1 is 0.526 bits per heavy atom. The van der Waals surface area contributed by atoms with Crippen LogP contribution in [0.25, 0.3) is 48.7 Å². The molecule has 7 aromatic rings. The summed E-state index contributed by atoms with van der Waals surface area (Å²) in [5, 5.41) is 2.61. The third kappa shape index (κ3) is 5.20. The smallest absolute Gasteiger partial charge is 0.218 e. The standard InChI is InChI=1S/C44H21F9O2S2/c1-20-10-23(12-25(11-20)42(45,46)47)36-30-15-21-18-33-31(16-22(21)17-32(30)38-28-6-2-4-8-34(28)56-40(36)38)37(41-39(33)29-7-3-5-9-35(29)57(41,54)55)24-13-26(43(48,49)50)19-27(14-24)44(51,52)53/h2-19H,1H3. The van der Waals surface area contributed by atoms with E-state index in [1.807, 2.05) is 24.3 Å². The summed E-state index contributed by atoms with van der Waals surface area (Å²) in [6.07, 6.45) is -15.0. The zero-order valence-corrected chi connectivity index (χ0v) is 30.6. The summed E-state index contributed by atoms with van der Waals surface area (Å²) in [7, 11) is -4.45. The molecule has 284 valence electrons. The van der Waals surface area contributed by atoms with Crippen LogP contribution in [0.2, 0.25) is 0 Å². The van der Waals surface area contributed by atoms with Crippen molar-refractivity contribution in [3.8, 4) is 11.1 Å². The fourth-order valence-electron chi connectivity index (χ4n) is 8.48. The van der Waals surface area contributed by atoms with Crippen LogP contribution in [-0.4, -0.2) is 8.42 Å². The number of fused-ring (bicyclic) bond motifs is 10. The summed E-state index contributed by atoms with van der Waals surface area (Å²) in [4.78, 5) is 0.207. The molecule has 0 atom stereocenters. The van der Waals surface area contributed by atoms with Crippen molar-refractivity contribution in [1.29, 1.82) is 0 Å². The fraction of sp³-hybridized carbons (Fsp3) is 0.0909. The van der Waals surface area contributed by atoms with E-state index >= 15 is 0 Å². The molecule has 3 aliphatic rings. The van der Waals surface area contributed by atoms with Crippen LogP contribution >= 0.6 is 11.3 Å². The number of alkyl halides is 9. The van der Waals surface area contributed by atoms with Gasteiger partial charge in [-0.05, 0) is 123 Å². The molecule has 0 saturated heterocycles. The lowest BCUT2D eigenvalue weighted by molar-refractivity contribution is -0.143. The Bertz CT molecular complexity index is 3240. The maximum atomic E-state index is 14.3. The van der Waals surface area contributed by atoms with Gasteiger partial charge in [-0.1, -0.05) is 42.5 Å². The van der Waals surface area contributed by atoms with Crippen molar-refractivity contribution in [3.05, 3.63) is 174 Å². The predicted molar refractivity (Wildman–Crippen MR) is 200 cm³/mol. The first kappa shape index (κ1) is 35.7. The number of rotatable bonds is 2. The number of sulfone groups is 1. The third-order valence-electron chi connectivity index (χ3n) is 10.8. The summed E-state index contributed by atoms with van der Waals surface area (Å²) < 4.78 is 157. The van der Waals surface area contributed by atoms with Gasteiger partial charge in [0, 0.05) is 42.8 Å². The Morgan fingerprint density at radius 3 is 1.72 bits per heavy atom. The molecule has 0 radical (unpaired) electrons. The molecule has 2 nitrogen and oxygen atoms in total. The van der Waals surface area contributed by atoms with Crippen molar-refractivity contribution in [3.63, 3.8) is 0 Å². The van der Waals surface area contributed by atoms with Crippen LogP contribution in [0.3, 0.4) is 0 Å². The van der Waals surface area contributed by atoms with E-state index in [9.17, 15) is 47.9 Å². The molecule has 0 N–H and O–H groups in total. The van der Waals surface area contributed by atoms with E-state index in [2.05, 4.69) is 0 Å². The minimum absolute atomic E-state index is 0.000450. The van der Waals surface area contributed by atoms with Crippen LogP contribution in [0.4, 0.5) is 39.5 Å². The van der Waals surface area contributed by atoms with Gasteiger partial charge >= 0.3 is 18.5 Å². The average molecular weight is 817 g/mol. The molecule has 0 saturated carbocycles. The molecule has 2 aliphatic carbocycles. The molecule has 10 rings (SSSR count). The molecule has 13 heteroatoms. The largest absolute Gasteiger partial charge is 0.416 e. The number of thiophene rings is 1. The number of halogens is 9. The first-order chi connectivity index (χ1) is 26.8. The number of hydrogen-bond acceptors (Lipinski definition) is 3. The average Bonchev–Trinajstić information content (AvgIpc) is 3.83. The SMILES string of the molecule is Cc1cc(C2=c3cc4cc5c(cc4cc3-c3c2sc2ccccc32)=C(c2cc(C(F)(F)F)cc(C(F)(F)F)c2)C2=C5c3ccccc3S2(=O)=O)cc(C(F)(F)F)c1. The Kier molecular flexibility index (Phi) is 7.19. The fourth-order valence-corrected chi connectivity index (χ4v) is 11.7. The van der Waals surface area contributed by atoms with Gasteiger partial charge in [0.25, 0.3) is 0 Å². The zero-order valence-electron chi connectivity index (χ0n) is 28.9. The van der Waals surface area contributed by atoms with E-state index in [0.717, 1.165) is 32.7 Å². The summed E-state index contributed by atoms with van der Waals surface area (Å²) in [5.74, 6) is 0. The summed E-state index contributed by atoms with van der Waals surface area (Å²) >= 11 is 1.42. The van der Waals surface area contributed by atoms with Crippen molar-refractivity contribution < 1.29 is 47.9 Å². The van der Waals surface area contributed by atoms with Gasteiger partial charge in [-0.25, -0.2) is 8.42 Å². The summed E-state index contributed by atoms with van der Waals surface area (Å²) in [6.45, 7) is 1.58. The van der Waals surface area contributed by atoms with Gasteiger partial charge in [0.05, 0.1) is 26.5 Å². The van der Waals surface area contributed by atoms with Crippen molar-refractivity contribution >= 4 is 58.8 Å². The Labute approximate surface area is 321 Å². The van der Waals surface area contributed by atoms with Crippen LogP contribution in [0.15, 0.2) is 119 Å². The van der Waals surface area contributed by atoms with Gasteiger partial charge in [0.2, 0.25) is 9.84 Å². The van der Waals surface area contributed by atoms with E-state index < -0.39 is 55.5 Å². The normalized spacial score (nSPS) is 15.7. The lowest BCUT2D eigenvalue weighted by Gasteiger charge is -2.16. The zero-order chi connectivity index (χ0) is 40.1. The van der Waals surface area contributed by atoms with Gasteiger partial charge in [-0.15, -0.1) is 11.3 Å². The number of benzene rings is 6. The second-order valence-corrected chi connectivity index (χ2v) is 17.2. The minimum atomic E-state index is -5.19. The molecular weight excluding hydrogens is 796 g/mol. The van der Waals surface area contributed by atoms with Crippen LogP contribution in [0.5, 0.6) is 0 Å². The van der Waals surface area contributed by atoms with Crippen molar-refractivity contribution in [2.45, 2.75) is 30.3 Å². The van der Waals surface area contributed by atoms with Crippen LogP contribution < -0.4 is 10.4 Å².